The van der Waals surface area contributed by atoms with Crippen molar-refractivity contribution in [2.24, 2.45) is 5.41 Å². The van der Waals surface area contributed by atoms with E-state index in [0.29, 0.717) is 11.5 Å². The van der Waals surface area contributed by atoms with Gasteiger partial charge < -0.3 is 5.11 Å². The zero-order chi connectivity index (χ0) is 12.5. The highest BCUT2D eigenvalue weighted by Gasteiger charge is 2.29. The highest BCUT2D eigenvalue weighted by atomic mass is 16.4. The van der Waals surface area contributed by atoms with E-state index >= 15 is 0 Å². The van der Waals surface area contributed by atoms with Crippen LogP contribution in [-0.2, 0) is 11.3 Å². The monoisotopic (exact) mass is 237 g/mol. The largest absolute Gasteiger partial charge is 0.481 e. The van der Waals surface area contributed by atoms with Crippen LogP contribution in [0.15, 0.2) is 6.20 Å². The predicted molar refractivity (Wildman–Crippen MR) is 54.6 cm³/mol. The molecule has 0 spiro atoms. The highest BCUT2D eigenvalue weighted by molar-refractivity contribution is 5.73. The van der Waals surface area contributed by atoms with Crippen LogP contribution in [0.4, 0.5) is 0 Å². The van der Waals surface area contributed by atoms with Gasteiger partial charge in [-0.3, -0.25) is 4.79 Å². The zero-order valence-corrected chi connectivity index (χ0v) is 9.32. The number of carbonyl (C=O) groups is 1. The maximum absolute atomic E-state index is 11.0. The van der Waals surface area contributed by atoms with Crippen LogP contribution in [0.2, 0.25) is 0 Å². The molecule has 2 heterocycles. The van der Waals surface area contributed by atoms with Gasteiger partial charge in [-0.05, 0) is 24.3 Å². The molecule has 2 rings (SSSR count). The average Bonchev–Trinajstić information content (AvgIpc) is 2.85. The molecule has 0 aliphatic rings. The van der Waals surface area contributed by atoms with E-state index in [1.807, 2.05) is 0 Å². The van der Waals surface area contributed by atoms with Gasteiger partial charge in [0.25, 0.3) is 0 Å². The Bertz CT molecular complexity index is 516. The minimum absolute atomic E-state index is 0.150. The van der Waals surface area contributed by atoms with Gasteiger partial charge in [0.1, 0.15) is 0 Å². The molecular formula is C8H11N7O2. The van der Waals surface area contributed by atoms with E-state index in [1.165, 1.54) is 10.9 Å². The van der Waals surface area contributed by atoms with Crippen molar-refractivity contribution in [3.8, 4) is 11.5 Å². The van der Waals surface area contributed by atoms with Gasteiger partial charge in [0.15, 0.2) is 5.69 Å². The highest BCUT2D eigenvalue weighted by Crippen LogP contribution is 2.20. The Morgan fingerprint density at radius 2 is 2.35 bits per heavy atom. The minimum atomic E-state index is -0.964. The lowest BCUT2D eigenvalue weighted by Gasteiger charge is -2.18. The Labute approximate surface area is 95.8 Å². The van der Waals surface area contributed by atoms with Crippen molar-refractivity contribution >= 4 is 5.97 Å². The average molecular weight is 237 g/mol. The first-order valence-corrected chi connectivity index (χ1v) is 4.86. The fourth-order valence-corrected chi connectivity index (χ4v) is 1.25. The fraction of sp³-hybridized carbons (Fsp3) is 0.500. The molecule has 0 unspecified atom stereocenters. The van der Waals surface area contributed by atoms with Gasteiger partial charge >= 0.3 is 5.97 Å². The van der Waals surface area contributed by atoms with E-state index in [4.69, 9.17) is 5.11 Å². The number of tetrazole rings is 1. The van der Waals surface area contributed by atoms with E-state index in [0.717, 1.165) is 0 Å². The summed E-state index contributed by atoms with van der Waals surface area (Å²) >= 11 is 0. The van der Waals surface area contributed by atoms with Crippen LogP contribution in [0, 0.1) is 5.41 Å². The number of hydrogen-bond acceptors (Lipinski definition) is 6. The number of nitrogens with zero attached hydrogens (tertiary/aromatic N) is 6. The predicted octanol–water partition coefficient (Wildman–Crippen LogP) is -0.431. The number of aromatic amines is 1. The first-order chi connectivity index (χ1) is 8.00. The van der Waals surface area contributed by atoms with E-state index < -0.39 is 11.4 Å². The van der Waals surface area contributed by atoms with Gasteiger partial charge in [0.2, 0.25) is 5.82 Å². The lowest BCUT2D eigenvalue weighted by Crippen LogP contribution is -2.30. The van der Waals surface area contributed by atoms with Gasteiger partial charge in [-0.25, -0.2) is 4.68 Å². The number of aliphatic carboxylic acids is 1. The third-order valence-corrected chi connectivity index (χ3v) is 2.30. The Balaban J connectivity index is 2.30. The Kier molecular flexibility index (Phi) is 2.58. The summed E-state index contributed by atoms with van der Waals surface area (Å²) in [6.07, 6.45) is 1.47. The topological polar surface area (TPSA) is 122 Å². The quantitative estimate of drug-likeness (QED) is 0.739. The summed E-state index contributed by atoms with van der Waals surface area (Å²) in [5, 5.41) is 30.0. The first kappa shape index (κ1) is 11.2. The molecule has 0 bridgehead atoms. The number of H-pyrrole nitrogens is 1. The molecule has 2 N–H and O–H groups in total. The van der Waals surface area contributed by atoms with Gasteiger partial charge in [-0.2, -0.15) is 15.4 Å². The molecule has 90 valence electrons. The SMILES string of the molecule is CC(C)(Cn1nnnc1-c1cn[nH]n1)C(=O)O. The molecule has 0 atom stereocenters. The van der Waals surface area contributed by atoms with E-state index in [-0.39, 0.29) is 6.54 Å². The van der Waals surface area contributed by atoms with Gasteiger partial charge in [0, 0.05) is 0 Å². The number of nitrogens with one attached hydrogen (secondary N) is 1. The number of carboxylic acid groups (broad SMARTS) is 1. The number of aromatic nitrogens is 7. The number of hydrogen-bond donors (Lipinski definition) is 2. The maximum Gasteiger partial charge on any atom is 0.310 e. The van der Waals surface area contributed by atoms with Crippen molar-refractivity contribution in [3.05, 3.63) is 6.20 Å². The molecule has 17 heavy (non-hydrogen) atoms. The van der Waals surface area contributed by atoms with Gasteiger partial charge in [-0.1, -0.05) is 0 Å². The van der Waals surface area contributed by atoms with Crippen molar-refractivity contribution in [1.29, 1.82) is 0 Å². The van der Waals surface area contributed by atoms with Crippen molar-refractivity contribution in [2.75, 3.05) is 0 Å². The van der Waals surface area contributed by atoms with Crippen molar-refractivity contribution in [2.45, 2.75) is 20.4 Å². The molecule has 0 saturated carbocycles. The summed E-state index contributed by atoms with van der Waals surface area (Å²) in [5.74, 6) is -0.535. The Morgan fingerprint density at radius 3 is 2.94 bits per heavy atom. The van der Waals surface area contributed by atoms with Crippen LogP contribution < -0.4 is 0 Å². The lowest BCUT2D eigenvalue weighted by molar-refractivity contribution is -0.147. The summed E-state index contributed by atoms with van der Waals surface area (Å²) in [7, 11) is 0. The fourth-order valence-electron chi connectivity index (χ4n) is 1.25. The molecule has 0 aliphatic heterocycles. The van der Waals surface area contributed by atoms with Crippen molar-refractivity contribution < 1.29 is 9.90 Å². The molecule has 0 aromatic carbocycles. The van der Waals surface area contributed by atoms with Gasteiger partial charge in [-0.15, -0.1) is 5.10 Å². The molecule has 0 radical (unpaired) electrons. The number of rotatable bonds is 4. The zero-order valence-electron chi connectivity index (χ0n) is 9.32. The van der Waals surface area contributed by atoms with E-state index in [1.54, 1.807) is 13.8 Å². The van der Waals surface area contributed by atoms with Crippen LogP contribution >= 0.6 is 0 Å². The van der Waals surface area contributed by atoms with Gasteiger partial charge in [0.05, 0.1) is 18.2 Å². The third kappa shape index (κ3) is 2.12. The molecule has 9 heteroatoms. The second-order valence-corrected chi connectivity index (χ2v) is 4.20. The molecular weight excluding hydrogens is 226 g/mol. The molecule has 0 amide bonds. The third-order valence-electron chi connectivity index (χ3n) is 2.30. The summed E-state index contributed by atoms with van der Waals surface area (Å²) in [5.41, 5.74) is -0.496. The second-order valence-electron chi connectivity index (χ2n) is 4.20. The van der Waals surface area contributed by atoms with Crippen LogP contribution in [0.5, 0.6) is 0 Å². The van der Waals surface area contributed by atoms with Crippen LogP contribution in [0.25, 0.3) is 11.5 Å². The summed E-state index contributed by atoms with van der Waals surface area (Å²) in [6.45, 7) is 3.35. The maximum atomic E-state index is 11.0. The van der Waals surface area contributed by atoms with E-state index in [2.05, 4.69) is 30.9 Å². The van der Waals surface area contributed by atoms with Crippen LogP contribution in [0.3, 0.4) is 0 Å². The normalized spacial score (nSPS) is 11.6. The second kappa shape index (κ2) is 3.92. The first-order valence-electron chi connectivity index (χ1n) is 4.86. The summed E-state index contributed by atoms with van der Waals surface area (Å²) < 4.78 is 1.39. The summed E-state index contributed by atoms with van der Waals surface area (Å²) in [4.78, 5) is 11.0. The Hall–Kier alpha value is -2.32. The Morgan fingerprint density at radius 1 is 1.59 bits per heavy atom. The van der Waals surface area contributed by atoms with Crippen molar-refractivity contribution in [1.82, 2.24) is 35.6 Å². The summed E-state index contributed by atoms with van der Waals surface area (Å²) in [6, 6.07) is 0. The standard InChI is InChI=1S/C8H11N7O2/c1-8(2,7(16)17)4-15-6(11-13-14-15)5-3-9-12-10-5/h3H,4H2,1-2H3,(H,16,17)(H,9,10,12). The van der Waals surface area contributed by atoms with E-state index in [9.17, 15) is 4.79 Å². The number of carboxylic acids is 1. The molecule has 9 nitrogen and oxygen atoms in total. The minimum Gasteiger partial charge on any atom is -0.481 e. The molecule has 0 saturated heterocycles. The lowest BCUT2D eigenvalue weighted by atomic mass is 9.94. The van der Waals surface area contributed by atoms with Crippen LogP contribution in [-0.4, -0.2) is 46.7 Å². The molecule has 2 aromatic heterocycles. The van der Waals surface area contributed by atoms with Crippen LogP contribution in [0.1, 0.15) is 13.8 Å². The van der Waals surface area contributed by atoms with Crippen molar-refractivity contribution in [3.63, 3.8) is 0 Å². The molecule has 0 aliphatic carbocycles. The molecule has 2 aromatic rings. The smallest absolute Gasteiger partial charge is 0.310 e. The molecule has 0 fully saturated rings.